The van der Waals surface area contributed by atoms with Crippen LogP contribution in [0.3, 0.4) is 0 Å². The molecular formula is C24H34BrN5O7. The van der Waals surface area contributed by atoms with Crippen molar-refractivity contribution in [1.29, 1.82) is 0 Å². The zero-order valence-corrected chi connectivity index (χ0v) is 23.9. The van der Waals surface area contributed by atoms with Crippen LogP contribution in [-0.4, -0.2) is 56.8 Å². The third-order valence-electron chi connectivity index (χ3n) is 4.06. The molecule has 0 bridgehead atoms. The minimum absolute atomic E-state index is 0.00412. The molecule has 0 saturated heterocycles. The van der Waals surface area contributed by atoms with Crippen molar-refractivity contribution in [2.24, 2.45) is 0 Å². The molecule has 0 atom stereocenters. The molecule has 0 fully saturated rings. The van der Waals surface area contributed by atoms with E-state index in [2.05, 4.69) is 31.3 Å². The standard InChI is InChI=1S/C24H34BrN5O7/c1-22(2,3)35-19(32)26-12-14-13-11-15(25)27-17(29(10)20(33)36-23(4,5)6)16(13)18(31)30(28-14)21(34)37-24(7,8)9/h11H,12H2,1-10H3,(H,26,32)/i10D3. The van der Waals surface area contributed by atoms with E-state index in [-0.39, 0.29) is 27.1 Å². The lowest BCUT2D eigenvalue weighted by Crippen LogP contribution is -2.39. The maximum atomic E-state index is 13.7. The number of amides is 2. The summed E-state index contributed by atoms with van der Waals surface area (Å²) >= 11 is 3.18. The number of ether oxygens (including phenoxy) is 3. The van der Waals surface area contributed by atoms with Gasteiger partial charge in [0.2, 0.25) is 0 Å². The first kappa shape index (κ1) is 25.4. The van der Waals surface area contributed by atoms with Crippen molar-refractivity contribution >= 4 is 50.8 Å². The second-order valence-electron chi connectivity index (χ2n) is 11.0. The molecule has 2 aromatic heterocycles. The van der Waals surface area contributed by atoms with Crippen LogP contribution in [-0.2, 0) is 20.8 Å². The van der Waals surface area contributed by atoms with Crippen molar-refractivity contribution in [3.8, 4) is 0 Å². The Kier molecular flexibility index (Phi) is 7.31. The highest BCUT2D eigenvalue weighted by molar-refractivity contribution is 9.10. The Morgan fingerprint density at radius 1 is 1.03 bits per heavy atom. The van der Waals surface area contributed by atoms with Gasteiger partial charge in [0.05, 0.1) is 17.6 Å². The van der Waals surface area contributed by atoms with Gasteiger partial charge in [-0.05, 0) is 84.3 Å². The molecule has 204 valence electrons. The molecule has 0 aromatic carbocycles. The number of alkyl carbamates (subject to hydrolysis) is 1. The second-order valence-corrected chi connectivity index (χ2v) is 11.8. The number of aromatic nitrogens is 3. The fourth-order valence-electron chi connectivity index (χ4n) is 2.85. The summed E-state index contributed by atoms with van der Waals surface area (Å²) in [5.41, 5.74) is -4.10. The van der Waals surface area contributed by atoms with E-state index in [1.54, 1.807) is 41.5 Å². The number of halogens is 1. The molecule has 0 radical (unpaired) electrons. The highest BCUT2D eigenvalue weighted by atomic mass is 79.9. The summed E-state index contributed by atoms with van der Waals surface area (Å²) in [5.74, 6) is -0.623. The van der Waals surface area contributed by atoms with Gasteiger partial charge in [-0.25, -0.2) is 19.4 Å². The molecule has 13 heteroatoms. The molecule has 37 heavy (non-hydrogen) atoms. The number of carbonyl (C=O) groups excluding carboxylic acids is 3. The summed E-state index contributed by atoms with van der Waals surface area (Å²) in [6.45, 7) is 10.8. The Hall–Kier alpha value is -3.22. The van der Waals surface area contributed by atoms with E-state index < -0.39 is 58.8 Å². The average Bonchev–Trinajstić information content (AvgIpc) is 2.67. The fraction of sp³-hybridized carbons (Fsp3) is 0.583. The first-order chi connectivity index (χ1) is 17.9. The van der Waals surface area contributed by atoms with Gasteiger partial charge in [-0.15, -0.1) is 4.68 Å². The van der Waals surface area contributed by atoms with Gasteiger partial charge in [0.25, 0.3) is 5.56 Å². The summed E-state index contributed by atoms with van der Waals surface area (Å²) < 4.78 is 40.3. The van der Waals surface area contributed by atoms with Gasteiger partial charge in [-0.2, -0.15) is 5.10 Å². The van der Waals surface area contributed by atoms with Crippen molar-refractivity contribution in [1.82, 2.24) is 20.1 Å². The van der Waals surface area contributed by atoms with Gasteiger partial charge in [0.15, 0.2) is 5.82 Å². The second kappa shape index (κ2) is 10.6. The molecule has 2 amide bonds. The minimum Gasteiger partial charge on any atom is -0.444 e. The Labute approximate surface area is 228 Å². The Bertz CT molecular complexity index is 1370. The van der Waals surface area contributed by atoms with Crippen LogP contribution >= 0.6 is 15.9 Å². The van der Waals surface area contributed by atoms with Crippen molar-refractivity contribution in [3.63, 3.8) is 0 Å². The van der Waals surface area contributed by atoms with Crippen LogP contribution < -0.4 is 15.8 Å². The quantitative estimate of drug-likeness (QED) is 0.398. The van der Waals surface area contributed by atoms with Gasteiger partial charge in [-0.3, -0.25) is 9.69 Å². The maximum Gasteiger partial charge on any atom is 0.438 e. The lowest BCUT2D eigenvalue weighted by molar-refractivity contribution is 0.0504. The summed E-state index contributed by atoms with van der Waals surface area (Å²) in [5, 5.41) is 6.13. The smallest absolute Gasteiger partial charge is 0.438 e. The number of anilines is 1. The zero-order valence-electron chi connectivity index (χ0n) is 25.3. The first-order valence-corrected chi connectivity index (χ1v) is 12.0. The average molecular weight is 587 g/mol. The van der Waals surface area contributed by atoms with Crippen LogP contribution in [0.4, 0.5) is 20.2 Å². The minimum atomic E-state index is -3.16. The van der Waals surface area contributed by atoms with Crippen LogP contribution in [0.15, 0.2) is 15.5 Å². The SMILES string of the molecule is [2H]C([2H])([2H])N(C(=O)OC(C)(C)C)c1nc(Br)cc2c(CNC(=O)OC(C)(C)C)nn(C(=O)OC(C)(C)C)c(=O)c12. The van der Waals surface area contributed by atoms with Gasteiger partial charge in [-0.1, -0.05) is 0 Å². The largest absolute Gasteiger partial charge is 0.444 e. The molecule has 2 heterocycles. The van der Waals surface area contributed by atoms with E-state index >= 15 is 0 Å². The molecule has 0 aliphatic carbocycles. The van der Waals surface area contributed by atoms with Gasteiger partial charge in [0, 0.05) is 16.5 Å². The summed E-state index contributed by atoms with van der Waals surface area (Å²) in [4.78, 5) is 56.5. The third-order valence-corrected chi connectivity index (χ3v) is 4.47. The molecule has 2 rings (SSSR count). The first-order valence-electron chi connectivity index (χ1n) is 12.8. The van der Waals surface area contributed by atoms with E-state index in [0.717, 1.165) is 0 Å². The number of fused-ring (bicyclic) bond motifs is 1. The maximum absolute atomic E-state index is 13.7. The molecular weight excluding hydrogens is 550 g/mol. The number of pyridine rings is 1. The molecule has 2 aromatic rings. The predicted molar refractivity (Wildman–Crippen MR) is 141 cm³/mol. The number of nitrogens with one attached hydrogen (secondary N) is 1. The molecule has 0 aliphatic heterocycles. The van der Waals surface area contributed by atoms with Crippen LogP contribution in [0, 0.1) is 0 Å². The number of hydrogen-bond donors (Lipinski definition) is 1. The lowest BCUT2D eigenvalue weighted by atomic mass is 10.1. The number of rotatable bonds is 3. The Morgan fingerprint density at radius 2 is 1.59 bits per heavy atom. The van der Waals surface area contributed by atoms with Crippen LogP contribution in [0.5, 0.6) is 0 Å². The van der Waals surface area contributed by atoms with Crippen LogP contribution in [0.25, 0.3) is 10.8 Å². The highest BCUT2D eigenvalue weighted by Crippen LogP contribution is 2.28. The van der Waals surface area contributed by atoms with E-state index in [9.17, 15) is 19.2 Å². The Morgan fingerprint density at radius 3 is 2.11 bits per heavy atom. The fourth-order valence-corrected chi connectivity index (χ4v) is 3.25. The van der Waals surface area contributed by atoms with Crippen LogP contribution in [0.2, 0.25) is 0 Å². The zero-order chi connectivity index (χ0) is 31.0. The van der Waals surface area contributed by atoms with Gasteiger partial charge in [0.1, 0.15) is 21.4 Å². The van der Waals surface area contributed by atoms with Crippen molar-refractivity contribution in [2.45, 2.75) is 85.7 Å². The summed E-state index contributed by atoms with van der Waals surface area (Å²) in [7, 11) is 0. The molecule has 12 nitrogen and oxygen atoms in total. The lowest BCUT2D eigenvalue weighted by Gasteiger charge is -2.25. The van der Waals surface area contributed by atoms with E-state index in [4.69, 9.17) is 18.3 Å². The van der Waals surface area contributed by atoms with Crippen molar-refractivity contribution < 1.29 is 32.7 Å². The molecule has 0 spiro atoms. The topological polar surface area (TPSA) is 142 Å². The van der Waals surface area contributed by atoms with E-state index in [1.807, 2.05) is 0 Å². The van der Waals surface area contributed by atoms with Crippen molar-refractivity contribution in [2.75, 3.05) is 11.9 Å². The van der Waals surface area contributed by atoms with Gasteiger partial charge >= 0.3 is 18.3 Å². The number of hydrogen-bond acceptors (Lipinski definition) is 9. The Balaban J connectivity index is 2.91. The summed E-state index contributed by atoms with van der Waals surface area (Å²) in [6, 6.07) is 1.34. The highest BCUT2D eigenvalue weighted by Gasteiger charge is 2.28. The van der Waals surface area contributed by atoms with E-state index in [0.29, 0.717) is 4.68 Å². The molecule has 1 N–H and O–H groups in total. The molecule has 0 aliphatic rings. The molecule has 0 saturated carbocycles. The number of nitrogens with zero attached hydrogens (tertiary/aromatic N) is 4. The van der Waals surface area contributed by atoms with Crippen LogP contribution in [0.1, 0.15) is 72.1 Å². The number of carbonyl (C=O) groups is 3. The predicted octanol–water partition coefficient (Wildman–Crippen LogP) is 4.73. The molecule has 0 unspecified atom stereocenters. The van der Waals surface area contributed by atoms with Crippen molar-refractivity contribution in [3.05, 3.63) is 26.7 Å². The van der Waals surface area contributed by atoms with E-state index in [1.165, 1.54) is 26.8 Å². The normalized spacial score (nSPS) is 13.7. The monoisotopic (exact) mass is 586 g/mol. The third kappa shape index (κ3) is 8.41. The summed E-state index contributed by atoms with van der Waals surface area (Å²) in [6.07, 6.45) is -3.30. The van der Waals surface area contributed by atoms with Gasteiger partial charge < -0.3 is 19.5 Å².